The molecule has 1 aromatic rings. The molecule has 0 aliphatic heterocycles. The molecule has 0 amide bonds. The van der Waals surface area contributed by atoms with Gasteiger partial charge in [-0.15, -0.1) is 35.3 Å². The number of aromatic nitrogens is 1. The van der Waals surface area contributed by atoms with E-state index in [1.54, 1.807) is 11.3 Å². The molecule has 1 saturated carbocycles. The van der Waals surface area contributed by atoms with Crippen molar-refractivity contribution < 1.29 is 0 Å². The Morgan fingerprint density at radius 2 is 2.26 bits per heavy atom. The van der Waals surface area contributed by atoms with Crippen molar-refractivity contribution in [3.63, 3.8) is 0 Å². The van der Waals surface area contributed by atoms with Crippen LogP contribution in [0.3, 0.4) is 0 Å². The number of thiazole rings is 1. The lowest BCUT2D eigenvalue weighted by Gasteiger charge is -2.09. The Morgan fingerprint density at radius 1 is 1.53 bits per heavy atom. The molecule has 1 aliphatic carbocycles. The van der Waals surface area contributed by atoms with Gasteiger partial charge < -0.3 is 15.5 Å². The summed E-state index contributed by atoms with van der Waals surface area (Å²) in [7, 11) is 4.01. The van der Waals surface area contributed by atoms with E-state index in [4.69, 9.17) is 0 Å². The van der Waals surface area contributed by atoms with Gasteiger partial charge in [-0.2, -0.15) is 0 Å². The highest BCUT2D eigenvalue weighted by Gasteiger charge is 2.22. The fourth-order valence-electron chi connectivity index (χ4n) is 1.48. The number of nitrogens with zero attached hydrogens (tertiary/aromatic N) is 3. The van der Waals surface area contributed by atoms with Crippen molar-refractivity contribution >= 4 is 46.4 Å². The third-order valence-electron chi connectivity index (χ3n) is 2.58. The van der Waals surface area contributed by atoms with Crippen LogP contribution in [0.1, 0.15) is 25.5 Å². The molecule has 108 valence electrons. The fourth-order valence-corrected chi connectivity index (χ4v) is 2.22. The van der Waals surface area contributed by atoms with Crippen LogP contribution in [0.5, 0.6) is 0 Å². The molecule has 1 heterocycles. The molecule has 7 heteroatoms. The van der Waals surface area contributed by atoms with Crippen LogP contribution in [0.4, 0.5) is 5.13 Å². The number of hydrogen-bond donors (Lipinski definition) is 2. The van der Waals surface area contributed by atoms with Gasteiger partial charge in [0.1, 0.15) is 0 Å². The van der Waals surface area contributed by atoms with E-state index in [0.717, 1.165) is 23.3 Å². The minimum Gasteiger partial charge on any atom is -0.357 e. The molecule has 0 saturated heterocycles. The summed E-state index contributed by atoms with van der Waals surface area (Å²) < 4.78 is 0. The van der Waals surface area contributed by atoms with Gasteiger partial charge in [0.15, 0.2) is 11.1 Å². The molecular formula is C12H22IN5S. The highest BCUT2D eigenvalue weighted by molar-refractivity contribution is 14.0. The summed E-state index contributed by atoms with van der Waals surface area (Å²) in [6.45, 7) is 3.60. The normalized spacial score (nSPS) is 14.8. The molecule has 0 bridgehead atoms. The van der Waals surface area contributed by atoms with Crippen LogP contribution in [0.2, 0.25) is 0 Å². The molecule has 2 rings (SSSR count). The second-order valence-electron chi connectivity index (χ2n) is 4.63. The zero-order valence-corrected chi connectivity index (χ0v) is 14.8. The maximum atomic E-state index is 4.56. The number of nitrogens with one attached hydrogen (secondary N) is 2. The number of aliphatic imine (C=N–C) groups is 1. The Kier molecular flexibility index (Phi) is 6.84. The van der Waals surface area contributed by atoms with E-state index in [9.17, 15) is 0 Å². The third kappa shape index (κ3) is 5.52. The van der Waals surface area contributed by atoms with Crippen molar-refractivity contribution in [3.8, 4) is 0 Å². The van der Waals surface area contributed by atoms with Gasteiger partial charge in [0.25, 0.3) is 0 Å². The van der Waals surface area contributed by atoms with Gasteiger partial charge in [0.05, 0.1) is 12.2 Å². The first-order valence-corrected chi connectivity index (χ1v) is 7.23. The summed E-state index contributed by atoms with van der Waals surface area (Å²) in [4.78, 5) is 11.1. The van der Waals surface area contributed by atoms with Crippen LogP contribution in [-0.2, 0) is 6.54 Å². The second-order valence-corrected chi connectivity index (χ2v) is 5.47. The fraction of sp³-hybridized carbons (Fsp3) is 0.667. The van der Waals surface area contributed by atoms with Gasteiger partial charge in [-0.1, -0.05) is 0 Å². The summed E-state index contributed by atoms with van der Waals surface area (Å²) >= 11 is 1.65. The van der Waals surface area contributed by atoms with Gasteiger partial charge >= 0.3 is 0 Å². The molecule has 2 N–H and O–H groups in total. The minimum absolute atomic E-state index is 0. The molecule has 5 nitrogen and oxygen atoms in total. The van der Waals surface area contributed by atoms with E-state index in [0.29, 0.717) is 12.6 Å². The van der Waals surface area contributed by atoms with E-state index < -0.39 is 0 Å². The molecule has 0 atom stereocenters. The van der Waals surface area contributed by atoms with E-state index in [2.05, 4.69) is 32.9 Å². The summed E-state index contributed by atoms with van der Waals surface area (Å²) in [5, 5.41) is 9.75. The van der Waals surface area contributed by atoms with Crippen LogP contribution < -0.4 is 15.5 Å². The van der Waals surface area contributed by atoms with Crippen LogP contribution in [-0.4, -0.2) is 37.6 Å². The van der Waals surface area contributed by atoms with Crippen molar-refractivity contribution in [2.45, 2.75) is 32.4 Å². The number of halogens is 1. The maximum Gasteiger partial charge on any atom is 0.191 e. The molecule has 0 radical (unpaired) electrons. The van der Waals surface area contributed by atoms with Gasteiger partial charge in [0.2, 0.25) is 0 Å². The largest absolute Gasteiger partial charge is 0.357 e. The van der Waals surface area contributed by atoms with Crippen LogP contribution in [0.25, 0.3) is 0 Å². The Hall–Kier alpha value is -0.570. The summed E-state index contributed by atoms with van der Waals surface area (Å²) in [5.41, 5.74) is 1.02. The quantitative estimate of drug-likeness (QED) is 0.455. The third-order valence-corrected chi connectivity index (χ3v) is 3.64. The summed E-state index contributed by atoms with van der Waals surface area (Å²) in [6.07, 6.45) is 2.51. The first kappa shape index (κ1) is 16.5. The van der Waals surface area contributed by atoms with E-state index in [1.165, 1.54) is 12.8 Å². The van der Waals surface area contributed by atoms with Crippen molar-refractivity contribution in [1.82, 2.24) is 15.6 Å². The molecule has 1 aromatic heterocycles. The van der Waals surface area contributed by atoms with Gasteiger partial charge in [0, 0.05) is 32.1 Å². The number of guanidine groups is 1. The van der Waals surface area contributed by atoms with Crippen molar-refractivity contribution in [2.24, 2.45) is 4.99 Å². The summed E-state index contributed by atoms with van der Waals surface area (Å²) in [5.74, 6) is 0.902. The standard InChI is InChI=1S/C12H21N5S.HI/c1-4-13-11(15-9-5-6-9)14-7-10-8-18-12(16-10)17(2)3;/h8-9H,4-7H2,1-3H3,(H2,13,14,15);1H. The highest BCUT2D eigenvalue weighted by atomic mass is 127. The molecule has 1 fully saturated rings. The zero-order chi connectivity index (χ0) is 13.0. The second kappa shape index (κ2) is 7.88. The summed E-state index contributed by atoms with van der Waals surface area (Å²) in [6, 6.07) is 0.621. The predicted octanol–water partition coefficient (Wildman–Crippen LogP) is 2.04. The first-order chi connectivity index (χ1) is 8.69. The SMILES string of the molecule is CCNC(=NCc1csc(N(C)C)n1)NC1CC1.I. The van der Waals surface area contributed by atoms with Gasteiger partial charge in [-0.25, -0.2) is 9.98 Å². The predicted molar refractivity (Wildman–Crippen MR) is 92.8 cm³/mol. The van der Waals surface area contributed by atoms with Gasteiger partial charge in [-0.3, -0.25) is 0 Å². The minimum atomic E-state index is 0. The van der Waals surface area contributed by atoms with Crippen LogP contribution in [0, 0.1) is 0 Å². The lowest BCUT2D eigenvalue weighted by molar-refractivity contribution is 0.809. The van der Waals surface area contributed by atoms with E-state index >= 15 is 0 Å². The molecular weight excluding hydrogens is 373 g/mol. The highest BCUT2D eigenvalue weighted by Crippen LogP contribution is 2.19. The molecule has 0 aromatic carbocycles. The Bertz CT molecular complexity index is 414. The average molecular weight is 395 g/mol. The lowest BCUT2D eigenvalue weighted by atomic mass is 10.5. The van der Waals surface area contributed by atoms with Crippen molar-refractivity contribution in [2.75, 3.05) is 25.5 Å². The van der Waals surface area contributed by atoms with Crippen molar-refractivity contribution in [1.29, 1.82) is 0 Å². The van der Waals surface area contributed by atoms with E-state index in [1.807, 2.05) is 19.0 Å². The van der Waals surface area contributed by atoms with Crippen LogP contribution in [0.15, 0.2) is 10.4 Å². The van der Waals surface area contributed by atoms with Crippen molar-refractivity contribution in [3.05, 3.63) is 11.1 Å². The number of anilines is 1. The molecule has 1 aliphatic rings. The Balaban J connectivity index is 0.00000180. The number of hydrogen-bond acceptors (Lipinski definition) is 4. The number of rotatable bonds is 5. The lowest BCUT2D eigenvalue weighted by Crippen LogP contribution is -2.38. The zero-order valence-electron chi connectivity index (χ0n) is 11.6. The molecule has 0 spiro atoms. The Morgan fingerprint density at radius 3 is 2.79 bits per heavy atom. The smallest absolute Gasteiger partial charge is 0.191 e. The van der Waals surface area contributed by atoms with E-state index in [-0.39, 0.29) is 24.0 Å². The molecule has 0 unspecified atom stereocenters. The molecule has 19 heavy (non-hydrogen) atoms. The van der Waals surface area contributed by atoms with Crippen LogP contribution >= 0.6 is 35.3 Å². The first-order valence-electron chi connectivity index (χ1n) is 6.35. The average Bonchev–Trinajstić information content (AvgIpc) is 3.01. The Labute approximate surface area is 135 Å². The van der Waals surface area contributed by atoms with Gasteiger partial charge in [-0.05, 0) is 19.8 Å². The topological polar surface area (TPSA) is 52.6 Å². The maximum absolute atomic E-state index is 4.56. The monoisotopic (exact) mass is 395 g/mol.